The average molecular weight is 611 g/mol. The molecule has 0 N–H and O–H groups in total. The Morgan fingerprint density at radius 3 is 0.929 bits per heavy atom. The Balaban J connectivity index is 3.46. The zero-order chi connectivity index (χ0) is 30.7. The average Bonchev–Trinajstić information content (AvgIpc) is 3.00. The molecule has 0 heterocycles. The van der Waals surface area contributed by atoms with Gasteiger partial charge in [0.2, 0.25) is 0 Å². The van der Waals surface area contributed by atoms with Gasteiger partial charge in [-0.05, 0) is 64.2 Å². The van der Waals surface area contributed by atoms with Gasteiger partial charge < -0.3 is 9.05 Å². The quantitative estimate of drug-likeness (QED) is 0.0407. The summed E-state index contributed by atoms with van der Waals surface area (Å²) < 4.78 is 24.3. The molecule has 3 nitrogen and oxygen atoms in total. The highest BCUT2D eigenvalue weighted by atomic mass is 31.2. The zero-order valence-corrected chi connectivity index (χ0v) is 29.8. The minimum absolute atomic E-state index is 0.478. The van der Waals surface area contributed by atoms with Crippen molar-refractivity contribution in [2.45, 2.75) is 201 Å². The van der Waals surface area contributed by atoms with E-state index in [1.54, 1.807) is 0 Å². The first-order chi connectivity index (χ1) is 20.7. The minimum Gasteiger partial charge on any atom is -0.309 e. The maximum absolute atomic E-state index is 12.8. The van der Waals surface area contributed by atoms with E-state index in [0.29, 0.717) is 19.4 Å². The number of unbranched alkanes of at least 4 members (excludes halogenated alkanes) is 24. The second-order valence-corrected chi connectivity index (χ2v) is 14.8. The van der Waals surface area contributed by atoms with E-state index in [9.17, 15) is 4.57 Å². The Morgan fingerprint density at radius 1 is 0.381 bits per heavy atom. The van der Waals surface area contributed by atoms with Gasteiger partial charge in [0.15, 0.2) is 0 Å². The van der Waals surface area contributed by atoms with Gasteiger partial charge in [-0.15, -0.1) is 0 Å². The van der Waals surface area contributed by atoms with E-state index < -0.39 is 7.60 Å². The molecule has 0 aliphatic rings. The maximum Gasteiger partial charge on any atom is 0.330 e. The van der Waals surface area contributed by atoms with Gasteiger partial charge in [0.1, 0.15) is 0 Å². The van der Waals surface area contributed by atoms with E-state index >= 15 is 0 Å². The summed E-state index contributed by atoms with van der Waals surface area (Å²) >= 11 is 0. The van der Waals surface area contributed by atoms with Crippen molar-refractivity contribution >= 4 is 7.60 Å². The first-order valence-electron chi connectivity index (χ1n) is 18.9. The lowest BCUT2D eigenvalue weighted by Crippen LogP contribution is -2.01. The third kappa shape index (κ3) is 32.5. The lowest BCUT2D eigenvalue weighted by atomic mass is 10.1. The molecule has 0 saturated heterocycles. The molecule has 4 heteroatoms. The Morgan fingerprint density at radius 2 is 0.643 bits per heavy atom. The van der Waals surface area contributed by atoms with Crippen molar-refractivity contribution in [2.24, 2.45) is 0 Å². The molecule has 0 spiro atoms. The van der Waals surface area contributed by atoms with Crippen molar-refractivity contribution in [3.05, 3.63) is 24.3 Å². The molecule has 0 saturated carbocycles. The standard InChI is InChI=1S/C38H75O3P/c1-4-7-9-11-13-15-17-19-21-23-25-27-29-31-33-35-37-40-42(39,6-3)41-38-36-34-32-30-28-26-24-22-20-18-16-14-12-10-8-5-2/h19-22H,4-18,23-38H2,1-3H3/b21-19-,22-20-. The fourth-order valence-electron chi connectivity index (χ4n) is 5.33. The van der Waals surface area contributed by atoms with Crippen LogP contribution in [0.3, 0.4) is 0 Å². The molecule has 0 unspecified atom stereocenters. The van der Waals surface area contributed by atoms with Crippen molar-refractivity contribution in [1.82, 2.24) is 0 Å². The highest BCUT2D eigenvalue weighted by Crippen LogP contribution is 2.48. The van der Waals surface area contributed by atoms with Crippen LogP contribution in [0.15, 0.2) is 24.3 Å². The van der Waals surface area contributed by atoms with Crippen LogP contribution in [0.5, 0.6) is 0 Å². The molecule has 0 aliphatic carbocycles. The molecule has 42 heavy (non-hydrogen) atoms. The van der Waals surface area contributed by atoms with Gasteiger partial charge in [-0.1, -0.05) is 161 Å². The monoisotopic (exact) mass is 611 g/mol. The van der Waals surface area contributed by atoms with Gasteiger partial charge >= 0.3 is 7.60 Å². The molecule has 0 aromatic heterocycles. The van der Waals surface area contributed by atoms with Gasteiger partial charge in [-0.25, -0.2) is 0 Å². The number of hydrogen-bond acceptors (Lipinski definition) is 3. The van der Waals surface area contributed by atoms with E-state index in [0.717, 1.165) is 25.7 Å². The topological polar surface area (TPSA) is 35.5 Å². The van der Waals surface area contributed by atoms with Crippen LogP contribution >= 0.6 is 7.60 Å². The maximum atomic E-state index is 12.8. The molecule has 0 amide bonds. The summed E-state index contributed by atoms with van der Waals surface area (Å²) in [5, 5.41) is 0. The largest absolute Gasteiger partial charge is 0.330 e. The third-order valence-corrected chi connectivity index (χ3v) is 10.2. The summed E-state index contributed by atoms with van der Waals surface area (Å²) in [6, 6.07) is 0. The summed E-state index contributed by atoms with van der Waals surface area (Å²) in [5.74, 6) is 0. The third-order valence-electron chi connectivity index (χ3n) is 8.28. The van der Waals surface area contributed by atoms with E-state index in [4.69, 9.17) is 9.05 Å². The molecule has 250 valence electrons. The summed E-state index contributed by atoms with van der Waals surface area (Å²) in [7, 11) is -2.90. The van der Waals surface area contributed by atoms with Crippen LogP contribution < -0.4 is 0 Å². The van der Waals surface area contributed by atoms with Crippen molar-refractivity contribution < 1.29 is 13.6 Å². The Bertz CT molecular complexity index is 567. The first-order valence-corrected chi connectivity index (χ1v) is 20.6. The highest BCUT2D eigenvalue weighted by molar-refractivity contribution is 7.53. The van der Waals surface area contributed by atoms with Crippen LogP contribution in [-0.2, 0) is 13.6 Å². The van der Waals surface area contributed by atoms with Crippen LogP contribution in [0.2, 0.25) is 0 Å². The predicted molar refractivity (Wildman–Crippen MR) is 189 cm³/mol. The number of hydrogen-bond donors (Lipinski definition) is 0. The Kier molecular flexibility index (Phi) is 34.8. The van der Waals surface area contributed by atoms with Crippen molar-refractivity contribution in [2.75, 3.05) is 19.4 Å². The molecular weight excluding hydrogens is 535 g/mol. The minimum atomic E-state index is -2.90. The molecule has 0 fully saturated rings. The molecule has 0 aromatic carbocycles. The fraction of sp³-hybridized carbons (Fsp3) is 0.895. The van der Waals surface area contributed by atoms with E-state index in [2.05, 4.69) is 38.2 Å². The highest BCUT2D eigenvalue weighted by Gasteiger charge is 2.21. The van der Waals surface area contributed by atoms with Gasteiger partial charge in [0.05, 0.1) is 13.2 Å². The molecule has 0 aromatic rings. The van der Waals surface area contributed by atoms with Gasteiger partial charge in [0, 0.05) is 6.16 Å². The van der Waals surface area contributed by atoms with Crippen molar-refractivity contribution in [3.63, 3.8) is 0 Å². The molecule has 0 rings (SSSR count). The normalized spacial score (nSPS) is 12.4. The van der Waals surface area contributed by atoms with E-state index in [-0.39, 0.29) is 0 Å². The van der Waals surface area contributed by atoms with E-state index in [1.165, 1.54) is 154 Å². The van der Waals surface area contributed by atoms with Crippen LogP contribution in [0.1, 0.15) is 201 Å². The SMILES string of the molecule is CCCCCCCC/C=C\CCCCCCCCOP(=O)(CC)OCCCCCCCC/C=C\CCCCCCCC. The summed E-state index contributed by atoms with van der Waals surface area (Å²) in [6.07, 6.45) is 46.2. The number of rotatable bonds is 35. The lowest BCUT2D eigenvalue weighted by molar-refractivity contribution is 0.198. The lowest BCUT2D eigenvalue weighted by Gasteiger charge is -2.17. The van der Waals surface area contributed by atoms with Gasteiger partial charge in [-0.2, -0.15) is 0 Å². The summed E-state index contributed by atoms with van der Waals surface area (Å²) in [6.45, 7) is 7.62. The second kappa shape index (κ2) is 35.1. The molecule has 0 atom stereocenters. The van der Waals surface area contributed by atoms with E-state index in [1.807, 2.05) is 6.92 Å². The summed E-state index contributed by atoms with van der Waals surface area (Å²) in [4.78, 5) is 0. The Hall–Kier alpha value is -0.370. The van der Waals surface area contributed by atoms with Crippen LogP contribution in [0.4, 0.5) is 0 Å². The van der Waals surface area contributed by atoms with Crippen molar-refractivity contribution in [1.29, 1.82) is 0 Å². The van der Waals surface area contributed by atoms with Crippen LogP contribution in [0, 0.1) is 0 Å². The van der Waals surface area contributed by atoms with Crippen LogP contribution in [-0.4, -0.2) is 19.4 Å². The zero-order valence-electron chi connectivity index (χ0n) is 28.9. The molecule has 0 radical (unpaired) electrons. The molecule has 0 bridgehead atoms. The second-order valence-electron chi connectivity index (χ2n) is 12.5. The Labute approximate surface area is 265 Å². The molecule has 0 aliphatic heterocycles. The predicted octanol–water partition coefficient (Wildman–Crippen LogP) is 14.3. The first kappa shape index (κ1) is 41.6. The van der Waals surface area contributed by atoms with Gasteiger partial charge in [0.25, 0.3) is 0 Å². The summed E-state index contributed by atoms with van der Waals surface area (Å²) in [5.41, 5.74) is 0. The van der Waals surface area contributed by atoms with Gasteiger partial charge in [-0.3, -0.25) is 4.57 Å². The number of allylic oxidation sites excluding steroid dienone is 4. The fourth-order valence-corrected chi connectivity index (χ4v) is 6.58. The van der Waals surface area contributed by atoms with Crippen molar-refractivity contribution in [3.8, 4) is 0 Å². The smallest absolute Gasteiger partial charge is 0.309 e. The van der Waals surface area contributed by atoms with Crippen LogP contribution in [0.25, 0.3) is 0 Å². The molecular formula is C38H75O3P.